The van der Waals surface area contributed by atoms with E-state index in [1.807, 2.05) is 7.11 Å². The van der Waals surface area contributed by atoms with Crippen molar-refractivity contribution in [2.24, 2.45) is 0 Å². The van der Waals surface area contributed by atoms with Gasteiger partial charge in [-0.3, -0.25) is 4.90 Å². The van der Waals surface area contributed by atoms with Crippen LogP contribution < -0.4 is 0 Å². The Hall–Kier alpha value is -0.0800. The molecule has 0 bridgehead atoms. The molecule has 2 atom stereocenters. The van der Waals surface area contributed by atoms with Crippen LogP contribution in [0.3, 0.4) is 0 Å². The van der Waals surface area contributed by atoms with Crippen LogP contribution in [-0.2, 0) is 4.74 Å². The van der Waals surface area contributed by atoms with Gasteiger partial charge in [0.15, 0.2) is 0 Å². The first-order valence-electron chi connectivity index (χ1n) is 4.54. The number of nitrogens with zero attached hydrogens (tertiary/aromatic N) is 1. The summed E-state index contributed by atoms with van der Waals surface area (Å²) in [6.07, 6.45) is 4.07. The molecule has 0 spiro atoms. The van der Waals surface area contributed by atoms with Crippen molar-refractivity contribution in [3.05, 3.63) is 0 Å². The third-order valence-electron chi connectivity index (χ3n) is 3.27. The van der Waals surface area contributed by atoms with Crippen LogP contribution in [0.15, 0.2) is 0 Å². The van der Waals surface area contributed by atoms with Crippen LogP contribution in [-0.4, -0.2) is 36.7 Å². The standard InChI is InChI=1S/C9H17NO/c1-8-6-9(7-11-2)4-3-5-10(8)9/h8H,3-7H2,1-2H3/t8-,9+/m0/s1. The summed E-state index contributed by atoms with van der Waals surface area (Å²) in [5, 5.41) is 0. The highest BCUT2D eigenvalue weighted by molar-refractivity contribution is 5.07. The van der Waals surface area contributed by atoms with Crippen molar-refractivity contribution < 1.29 is 4.74 Å². The predicted molar refractivity (Wildman–Crippen MR) is 44.6 cm³/mol. The molecule has 0 radical (unpaired) electrons. The second-order valence-corrected chi connectivity index (χ2v) is 4.01. The first-order valence-corrected chi connectivity index (χ1v) is 4.54. The van der Waals surface area contributed by atoms with Crippen molar-refractivity contribution in [3.63, 3.8) is 0 Å². The van der Waals surface area contributed by atoms with Crippen molar-refractivity contribution in [1.29, 1.82) is 0 Å². The fourth-order valence-electron chi connectivity index (χ4n) is 2.90. The van der Waals surface area contributed by atoms with Crippen LogP contribution in [0.1, 0.15) is 26.2 Å². The van der Waals surface area contributed by atoms with Gasteiger partial charge in [-0.2, -0.15) is 0 Å². The maximum Gasteiger partial charge on any atom is 0.0647 e. The molecule has 0 aromatic carbocycles. The highest BCUT2D eigenvalue weighted by Gasteiger charge is 2.52. The van der Waals surface area contributed by atoms with Crippen molar-refractivity contribution in [2.75, 3.05) is 20.3 Å². The van der Waals surface area contributed by atoms with Crippen LogP contribution in [0.4, 0.5) is 0 Å². The summed E-state index contributed by atoms with van der Waals surface area (Å²) < 4.78 is 5.26. The zero-order valence-electron chi connectivity index (χ0n) is 7.47. The van der Waals surface area contributed by atoms with E-state index in [2.05, 4.69) is 11.8 Å². The number of hydrogen-bond donors (Lipinski definition) is 0. The molecular weight excluding hydrogens is 138 g/mol. The molecule has 2 heteroatoms. The molecule has 0 aliphatic carbocycles. The summed E-state index contributed by atoms with van der Waals surface area (Å²) in [7, 11) is 1.81. The Bertz CT molecular complexity index is 156. The molecule has 11 heavy (non-hydrogen) atoms. The third-order valence-corrected chi connectivity index (χ3v) is 3.27. The van der Waals surface area contributed by atoms with E-state index in [-0.39, 0.29) is 0 Å². The van der Waals surface area contributed by atoms with Gasteiger partial charge in [-0.1, -0.05) is 0 Å². The second-order valence-electron chi connectivity index (χ2n) is 4.01. The first-order chi connectivity index (χ1) is 5.28. The van der Waals surface area contributed by atoms with E-state index >= 15 is 0 Å². The van der Waals surface area contributed by atoms with E-state index in [0.29, 0.717) is 5.54 Å². The Morgan fingerprint density at radius 1 is 1.64 bits per heavy atom. The Morgan fingerprint density at radius 2 is 2.45 bits per heavy atom. The molecule has 0 aromatic heterocycles. The first kappa shape index (κ1) is 7.56. The minimum Gasteiger partial charge on any atom is -0.383 e. The van der Waals surface area contributed by atoms with Crippen molar-refractivity contribution in [2.45, 2.75) is 37.8 Å². The van der Waals surface area contributed by atoms with Gasteiger partial charge in [0, 0.05) is 18.7 Å². The molecule has 0 saturated carbocycles. The topological polar surface area (TPSA) is 12.5 Å². The van der Waals surface area contributed by atoms with Gasteiger partial charge in [0.25, 0.3) is 0 Å². The lowest BCUT2D eigenvalue weighted by Gasteiger charge is -2.53. The Labute approximate surface area is 68.5 Å². The van der Waals surface area contributed by atoms with E-state index in [0.717, 1.165) is 12.6 Å². The maximum atomic E-state index is 5.26. The summed E-state index contributed by atoms with van der Waals surface area (Å²) in [5.41, 5.74) is 0.466. The monoisotopic (exact) mass is 155 g/mol. The molecule has 2 heterocycles. The number of methoxy groups -OCH3 is 1. The van der Waals surface area contributed by atoms with Crippen LogP contribution in [0.5, 0.6) is 0 Å². The zero-order valence-corrected chi connectivity index (χ0v) is 7.47. The van der Waals surface area contributed by atoms with Crippen molar-refractivity contribution >= 4 is 0 Å². The molecule has 2 rings (SSSR count). The van der Waals surface area contributed by atoms with Crippen LogP contribution >= 0.6 is 0 Å². The van der Waals surface area contributed by atoms with E-state index < -0.39 is 0 Å². The van der Waals surface area contributed by atoms with E-state index in [9.17, 15) is 0 Å². The minimum atomic E-state index is 0.466. The molecule has 64 valence electrons. The third kappa shape index (κ3) is 0.926. The van der Waals surface area contributed by atoms with Crippen LogP contribution in [0.25, 0.3) is 0 Å². The van der Waals surface area contributed by atoms with Crippen molar-refractivity contribution in [1.82, 2.24) is 4.90 Å². The molecule has 0 N–H and O–H groups in total. The van der Waals surface area contributed by atoms with Gasteiger partial charge in [-0.25, -0.2) is 0 Å². The lowest BCUT2D eigenvalue weighted by atomic mass is 9.80. The fraction of sp³-hybridized carbons (Fsp3) is 1.00. The van der Waals surface area contributed by atoms with Gasteiger partial charge in [-0.15, -0.1) is 0 Å². The number of fused-ring (bicyclic) bond motifs is 1. The summed E-state index contributed by atoms with van der Waals surface area (Å²) in [5.74, 6) is 0. The van der Waals surface area contributed by atoms with Crippen LogP contribution in [0.2, 0.25) is 0 Å². The normalized spacial score (nSPS) is 43.6. The zero-order chi connectivity index (χ0) is 7.90. The second kappa shape index (κ2) is 2.46. The summed E-state index contributed by atoms with van der Waals surface area (Å²) in [6.45, 7) is 4.56. The van der Waals surface area contributed by atoms with Gasteiger partial charge in [-0.05, 0) is 32.7 Å². The molecule has 2 aliphatic heterocycles. The smallest absolute Gasteiger partial charge is 0.0647 e. The molecule has 2 aliphatic rings. The molecule has 2 fully saturated rings. The average Bonchev–Trinajstić information content (AvgIpc) is 2.27. The van der Waals surface area contributed by atoms with Gasteiger partial charge < -0.3 is 4.74 Å². The van der Waals surface area contributed by atoms with E-state index in [1.54, 1.807) is 0 Å². The van der Waals surface area contributed by atoms with E-state index in [4.69, 9.17) is 4.74 Å². The molecular formula is C9H17NO. The molecule has 2 nitrogen and oxygen atoms in total. The SMILES string of the molecule is COC[C@]12CCCN1[C@@H](C)C2. The van der Waals surface area contributed by atoms with E-state index in [1.165, 1.54) is 25.8 Å². The molecule has 0 aromatic rings. The number of ether oxygens (including phenoxy) is 1. The number of hydrogen-bond acceptors (Lipinski definition) is 2. The maximum absolute atomic E-state index is 5.26. The largest absolute Gasteiger partial charge is 0.383 e. The summed E-state index contributed by atoms with van der Waals surface area (Å²) in [6, 6.07) is 0.813. The fourth-order valence-corrected chi connectivity index (χ4v) is 2.90. The van der Waals surface area contributed by atoms with Crippen LogP contribution in [0, 0.1) is 0 Å². The Kier molecular flexibility index (Phi) is 1.69. The highest BCUT2D eigenvalue weighted by Crippen LogP contribution is 2.44. The summed E-state index contributed by atoms with van der Waals surface area (Å²) >= 11 is 0. The summed E-state index contributed by atoms with van der Waals surface area (Å²) in [4.78, 5) is 2.61. The molecule has 2 saturated heterocycles. The average molecular weight is 155 g/mol. The number of rotatable bonds is 2. The molecule has 0 amide bonds. The Balaban J connectivity index is 2.03. The minimum absolute atomic E-state index is 0.466. The molecule has 0 unspecified atom stereocenters. The quantitative estimate of drug-likeness (QED) is 0.595. The predicted octanol–water partition coefficient (Wildman–Crippen LogP) is 1.26. The highest BCUT2D eigenvalue weighted by atomic mass is 16.5. The lowest BCUT2D eigenvalue weighted by molar-refractivity contribution is -0.0741. The van der Waals surface area contributed by atoms with Crippen molar-refractivity contribution in [3.8, 4) is 0 Å². The lowest BCUT2D eigenvalue weighted by Crippen LogP contribution is -2.63. The van der Waals surface area contributed by atoms with Gasteiger partial charge in [0.2, 0.25) is 0 Å². The Morgan fingerprint density at radius 3 is 3.09 bits per heavy atom. The van der Waals surface area contributed by atoms with Gasteiger partial charge >= 0.3 is 0 Å². The van der Waals surface area contributed by atoms with Gasteiger partial charge in [0.05, 0.1) is 6.61 Å². The van der Waals surface area contributed by atoms with Gasteiger partial charge in [0.1, 0.15) is 0 Å².